The molecule has 3 aromatic rings. The molecule has 6 nitrogen and oxygen atoms in total. The number of hydrogen-bond donors (Lipinski definition) is 1. The molecule has 1 heterocycles. The highest BCUT2D eigenvalue weighted by atomic mass is 32.2. The third-order valence-electron chi connectivity index (χ3n) is 4.67. The summed E-state index contributed by atoms with van der Waals surface area (Å²) in [4.78, 5) is 12.3. The summed E-state index contributed by atoms with van der Waals surface area (Å²) in [6.45, 7) is 3.86. The van der Waals surface area contributed by atoms with Gasteiger partial charge in [-0.25, -0.2) is 0 Å². The zero-order valence-corrected chi connectivity index (χ0v) is 18.0. The van der Waals surface area contributed by atoms with Gasteiger partial charge in [0.2, 0.25) is 5.91 Å². The van der Waals surface area contributed by atoms with Crippen LogP contribution in [0.15, 0.2) is 47.6 Å². The maximum absolute atomic E-state index is 12.8. The van der Waals surface area contributed by atoms with Gasteiger partial charge in [0, 0.05) is 12.7 Å². The van der Waals surface area contributed by atoms with Crippen LogP contribution in [0.2, 0.25) is 0 Å². The standard InChI is InChI=1S/C21H21F3N4O2S/c1-13-6-4-9-17(14(13)2)25-19(29)12-31-20-27-26-18(28(20)3)11-30-16-8-5-7-15(10-16)21(22,23)24/h4-10H,11-12H2,1-3H3,(H,25,29). The van der Waals surface area contributed by atoms with Crippen molar-refractivity contribution in [3.63, 3.8) is 0 Å². The Kier molecular flexibility index (Phi) is 6.89. The van der Waals surface area contributed by atoms with Gasteiger partial charge in [0.15, 0.2) is 11.0 Å². The Hall–Kier alpha value is -3.01. The topological polar surface area (TPSA) is 69.0 Å². The second-order valence-electron chi connectivity index (χ2n) is 6.86. The van der Waals surface area contributed by atoms with Crippen LogP contribution in [-0.4, -0.2) is 26.4 Å². The van der Waals surface area contributed by atoms with Crippen LogP contribution in [0.4, 0.5) is 18.9 Å². The van der Waals surface area contributed by atoms with Crippen LogP contribution in [0.1, 0.15) is 22.5 Å². The molecule has 0 bridgehead atoms. The molecule has 0 aliphatic heterocycles. The summed E-state index contributed by atoms with van der Waals surface area (Å²) >= 11 is 1.21. The summed E-state index contributed by atoms with van der Waals surface area (Å²) in [5.41, 5.74) is 2.07. The van der Waals surface area contributed by atoms with E-state index in [9.17, 15) is 18.0 Å². The molecule has 1 aromatic heterocycles. The predicted octanol–water partition coefficient (Wildman–Crippen LogP) is 4.76. The lowest BCUT2D eigenvalue weighted by atomic mass is 10.1. The molecule has 3 rings (SSSR count). The number of halogens is 3. The first-order chi connectivity index (χ1) is 14.6. The lowest BCUT2D eigenvalue weighted by molar-refractivity contribution is -0.137. The van der Waals surface area contributed by atoms with Crippen LogP contribution in [0.5, 0.6) is 5.75 Å². The second-order valence-corrected chi connectivity index (χ2v) is 7.80. The van der Waals surface area contributed by atoms with Crippen LogP contribution < -0.4 is 10.1 Å². The smallest absolute Gasteiger partial charge is 0.416 e. The molecule has 0 aliphatic rings. The lowest BCUT2D eigenvalue weighted by Gasteiger charge is -2.11. The van der Waals surface area contributed by atoms with Crippen molar-refractivity contribution in [1.29, 1.82) is 0 Å². The van der Waals surface area contributed by atoms with E-state index in [4.69, 9.17) is 4.74 Å². The Morgan fingerprint density at radius 1 is 1.16 bits per heavy atom. The SMILES string of the molecule is Cc1cccc(NC(=O)CSc2nnc(COc3cccc(C(F)(F)F)c3)n2C)c1C. The minimum Gasteiger partial charge on any atom is -0.486 e. The highest BCUT2D eigenvalue weighted by molar-refractivity contribution is 7.99. The van der Waals surface area contributed by atoms with Crippen molar-refractivity contribution < 1.29 is 22.7 Å². The number of ether oxygens (including phenoxy) is 1. The molecular weight excluding hydrogens is 429 g/mol. The van der Waals surface area contributed by atoms with E-state index in [0.29, 0.717) is 11.0 Å². The monoisotopic (exact) mass is 450 g/mol. The molecule has 1 amide bonds. The molecule has 10 heteroatoms. The van der Waals surface area contributed by atoms with Gasteiger partial charge in [0.1, 0.15) is 12.4 Å². The molecule has 0 saturated heterocycles. The van der Waals surface area contributed by atoms with Crippen LogP contribution in [0, 0.1) is 13.8 Å². The number of hydrogen-bond acceptors (Lipinski definition) is 5. The largest absolute Gasteiger partial charge is 0.486 e. The number of amides is 1. The van der Waals surface area contributed by atoms with E-state index < -0.39 is 11.7 Å². The number of aryl methyl sites for hydroxylation is 1. The van der Waals surface area contributed by atoms with Crippen molar-refractivity contribution in [3.8, 4) is 5.75 Å². The number of thioether (sulfide) groups is 1. The van der Waals surface area contributed by atoms with Gasteiger partial charge in [-0.2, -0.15) is 13.2 Å². The molecule has 0 saturated carbocycles. The van der Waals surface area contributed by atoms with Gasteiger partial charge < -0.3 is 14.6 Å². The normalized spacial score (nSPS) is 11.4. The van der Waals surface area contributed by atoms with Gasteiger partial charge in [-0.3, -0.25) is 4.79 Å². The Morgan fingerprint density at radius 3 is 2.65 bits per heavy atom. The number of carbonyl (C=O) groups is 1. The van der Waals surface area contributed by atoms with Gasteiger partial charge in [-0.05, 0) is 49.2 Å². The van der Waals surface area contributed by atoms with Crippen LogP contribution >= 0.6 is 11.8 Å². The summed E-state index contributed by atoms with van der Waals surface area (Å²) < 4.78 is 45.5. The minimum absolute atomic E-state index is 0.0555. The number of carbonyl (C=O) groups excluding carboxylic acids is 1. The number of nitrogens with one attached hydrogen (secondary N) is 1. The Bertz CT molecular complexity index is 1080. The van der Waals surface area contributed by atoms with E-state index in [-0.39, 0.29) is 24.0 Å². The highest BCUT2D eigenvalue weighted by Crippen LogP contribution is 2.31. The Balaban J connectivity index is 1.57. The number of rotatable bonds is 7. The van der Waals surface area contributed by atoms with Crippen LogP contribution in [0.25, 0.3) is 0 Å². The minimum atomic E-state index is -4.44. The van der Waals surface area contributed by atoms with E-state index in [1.54, 1.807) is 11.6 Å². The van der Waals surface area contributed by atoms with Crippen molar-refractivity contribution in [1.82, 2.24) is 14.8 Å². The molecule has 1 N–H and O–H groups in total. The van der Waals surface area contributed by atoms with Crippen LogP contribution in [0.3, 0.4) is 0 Å². The van der Waals surface area contributed by atoms with Crippen molar-refractivity contribution >= 4 is 23.4 Å². The second kappa shape index (κ2) is 9.42. The van der Waals surface area contributed by atoms with E-state index in [1.807, 2.05) is 32.0 Å². The molecule has 0 unspecified atom stereocenters. The number of alkyl halides is 3. The Morgan fingerprint density at radius 2 is 1.90 bits per heavy atom. The highest BCUT2D eigenvalue weighted by Gasteiger charge is 2.30. The number of benzene rings is 2. The number of anilines is 1. The van der Waals surface area contributed by atoms with Crippen LogP contribution in [-0.2, 0) is 24.6 Å². The quantitative estimate of drug-likeness (QED) is 0.526. The molecular formula is C21H21F3N4O2S. The molecule has 0 aliphatic carbocycles. The van der Waals surface area contributed by atoms with E-state index in [1.165, 1.54) is 23.9 Å². The summed E-state index contributed by atoms with van der Waals surface area (Å²) in [6.07, 6.45) is -4.44. The molecule has 0 spiro atoms. The fraction of sp³-hybridized carbons (Fsp3) is 0.286. The zero-order valence-electron chi connectivity index (χ0n) is 17.2. The fourth-order valence-electron chi connectivity index (χ4n) is 2.71. The average Bonchev–Trinajstić information content (AvgIpc) is 3.07. The molecule has 0 radical (unpaired) electrons. The van der Waals surface area contributed by atoms with Gasteiger partial charge in [0.25, 0.3) is 0 Å². The first-order valence-electron chi connectivity index (χ1n) is 9.32. The van der Waals surface area contributed by atoms with Gasteiger partial charge in [-0.15, -0.1) is 10.2 Å². The van der Waals surface area contributed by atoms with Crippen molar-refractivity contribution in [3.05, 3.63) is 65.0 Å². The molecule has 31 heavy (non-hydrogen) atoms. The predicted molar refractivity (Wildman–Crippen MR) is 112 cm³/mol. The van der Waals surface area contributed by atoms with E-state index in [0.717, 1.165) is 28.9 Å². The lowest BCUT2D eigenvalue weighted by Crippen LogP contribution is -2.15. The third-order valence-corrected chi connectivity index (χ3v) is 5.69. The zero-order chi connectivity index (χ0) is 22.6. The summed E-state index contributed by atoms with van der Waals surface area (Å²) in [5.74, 6) is 0.464. The van der Waals surface area contributed by atoms with Crippen molar-refractivity contribution in [2.75, 3.05) is 11.1 Å². The summed E-state index contributed by atoms with van der Waals surface area (Å²) in [6, 6.07) is 10.3. The first-order valence-corrected chi connectivity index (χ1v) is 10.3. The first kappa shape index (κ1) is 22.7. The number of nitrogens with zero attached hydrogens (tertiary/aromatic N) is 3. The maximum Gasteiger partial charge on any atom is 0.416 e. The van der Waals surface area contributed by atoms with Gasteiger partial charge in [0.05, 0.1) is 11.3 Å². The number of aromatic nitrogens is 3. The van der Waals surface area contributed by atoms with Crippen molar-refractivity contribution in [2.45, 2.75) is 31.8 Å². The third kappa shape index (κ3) is 5.78. The summed E-state index contributed by atoms with van der Waals surface area (Å²) in [5, 5.41) is 11.4. The molecule has 164 valence electrons. The van der Waals surface area contributed by atoms with E-state index >= 15 is 0 Å². The Labute approximate surface area is 181 Å². The van der Waals surface area contributed by atoms with Crippen molar-refractivity contribution in [2.24, 2.45) is 7.05 Å². The van der Waals surface area contributed by atoms with Gasteiger partial charge in [-0.1, -0.05) is 30.0 Å². The molecule has 0 atom stereocenters. The molecule has 0 fully saturated rings. The van der Waals surface area contributed by atoms with Gasteiger partial charge >= 0.3 is 6.18 Å². The summed E-state index contributed by atoms with van der Waals surface area (Å²) in [7, 11) is 1.70. The van der Waals surface area contributed by atoms with E-state index in [2.05, 4.69) is 15.5 Å². The maximum atomic E-state index is 12.8. The average molecular weight is 450 g/mol. The molecule has 2 aromatic carbocycles. The fourth-order valence-corrected chi connectivity index (χ4v) is 3.44.